The van der Waals surface area contributed by atoms with Gasteiger partial charge in [0.1, 0.15) is 0 Å². The van der Waals surface area contributed by atoms with Gasteiger partial charge in [-0.05, 0) is 38.8 Å². The molecule has 0 N–H and O–H groups in total. The highest BCUT2D eigenvalue weighted by Gasteiger charge is 2.23. The zero-order chi connectivity index (χ0) is 9.14. The zero-order valence-electron chi connectivity index (χ0n) is 8.75. The lowest BCUT2D eigenvalue weighted by Gasteiger charge is -2.24. The van der Waals surface area contributed by atoms with Gasteiger partial charge in [-0.3, -0.25) is 0 Å². The summed E-state index contributed by atoms with van der Waals surface area (Å²) in [6, 6.07) is 1.49. The van der Waals surface area contributed by atoms with Crippen molar-refractivity contribution in [2.45, 2.75) is 52.6 Å². The molecule has 1 heterocycles. The van der Waals surface area contributed by atoms with Crippen LogP contribution >= 0.6 is 0 Å². The molecular formula is C11H21N. The van der Waals surface area contributed by atoms with Crippen molar-refractivity contribution < 1.29 is 0 Å². The van der Waals surface area contributed by atoms with Gasteiger partial charge in [-0.2, -0.15) is 0 Å². The molecule has 1 fully saturated rings. The molecule has 0 unspecified atom stereocenters. The number of allylic oxidation sites excluding steroid dienone is 1. The lowest BCUT2D eigenvalue weighted by molar-refractivity contribution is 0.303. The molecule has 2 atom stereocenters. The monoisotopic (exact) mass is 167 g/mol. The maximum Gasteiger partial charge on any atom is 0.0259 e. The van der Waals surface area contributed by atoms with Gasteiger partial charge in [-0.1, -0.05) is 19.9 Å². The van der Waals surface area contributed by atoms with Crippen LogP contribution in [0.15, 0.2) is 12.3 Å². The number of nitrogens with zero attached hydrogens (tertiary/aromatic N) is 1. The van der Waals surface area contributed by atoms with E-state index < -0.39 is 0 Å². The van der Waals surface area contributed by atoms with E-state index in [-0.39, 0.29) is 0 Å². The van der Waals surface area contributed by atoms with Gasteiger partial charge in [0.2, 0.25) is 0 Å². The molecule has 0 bridgehead atoms. The molecule has 0 radical (unpaired) electrons. The Balaban J connectivity index is 2.49. The van der Waals surface area contributed by atoms with Crippen LogP contribution in [0.2, 0.25) is 0 Å². The molecule has 1 aliphatic heterocycles. The predicted molar refractivity (Wildman–Crippen MR) is 54.0 cm³/mol. The van der Waals surface area contributed by atoms with Gasteiger partial charge in [-0.15, -0.1) is 0 Å². The fraction of sp³-hybridized carbons (Fsp3) is 0.818. The van der Waals surface area contributed by atoms with Crippen molar-refractivity contribution in [3.63, 3.8) is 0 Å². The van der Waals surface area contributed by atoms with Crippen molar-refractivity contribution >= 4 is 0 Å². The molecule has 0 aliphatic carbocycles. The molecule has 0 aromatic rings. The van der Waals surface area contributed by atoms with Crippen LogP contribution in [0.4, 0.5) is 0 Å². The second-order valence-corrected chi connectivity index (χ2v) is 4.31. The summed E-state index contributed by atoms with van der Waals surface area (Å²) in [7, 11) is 0. The van der Waals surface area contributed by atoms with Gasteiger partial charge < -0.3 is 4.90 Å². The van der Waals surface area contributed by atoms with Gasteiger partial charge in [-0.25, -0.2) is 0 Å². The first kappa shape index (κ1) is 9.63. The van der Waals surface area contributed by atoms with Crippen LogP contribution in [-0.4, -0.2) is 17.0 Å². The van der Waals surface area contributed by atoms with E-state index in [1.807, 2.05) is 0 Å². The minimum absolute atomic E-state index is 0.671. The van der Waals surface area contributed by atoms with Gasteiger partial charge in [0, 0.05) is 12.1 Å². The van der Waals surface area contributed by atoms with Crippen molar-refractivity contribution in [3.8, 4) is 0 Å². The third kappa shape index (κ3) is 2.26. The van der Waals surface area contributed by atoms with E-state index >= 15 is 0 Å². The summed E-state index contributed by atoms with van der Waals surface area (Å²) in [5.41, 5.74) is 0. The summed E-state index contributed by atoms with van der Waals surface area (Å²) in [5.74, 6) is 0.671. The first-order valence-corrected chi connectivity index (χ1v) is 5.07. The number of rotatable bonds is 2. The van der Waals surface area contributed by atoms with E-state index in [1.54, 1.807) is 0 Å². The second-order valence-electron chi connectivity index (χ2n) is 4.31. The first-order valence-electron chi connectivity index (χ1n) is 5.07. The van der Waals surface area contributed by atoms with E-state index in [1.165, 1.54) is 12.8 Å². The molecular weight excluding hydrogens is 146 g/mol. The molecule has 0 saturated carbocycles. The van der Waals surface area contributed by atoms with Gasteiger partial charge in [0.05, 0.1) is 0 Å². The van der Waals surface area contributed by atoms with Crippen LogP contribution in [0.5, 0.6) is 0 Å². The largest absolute Gasteiger partial charge is 0.372 e. The van der Waals surface area contributed by atoms with Gasteiger partial charge >= 0.3 is 0 Å². The lowest BCUT2D eigenvalue weighted by atomic mass is 10.2. The molecule has 0 amide bonds. The van der Waals surface area contributed by atoms with Crippen LogP contribution < -0.4 is 0 Å². The highest BCUT2D eigenvalue weighted by atomic mass is 15.2. The number of hydrogen-bond acceptors (Lipinski definition) is 1. The molecule has 70 valence electrons. The fourth-order valence-corrected chi connectivity index (χ4v) is 1.78. The quantitative estimate of drug-likeness (QED) is 0.611. The molecule has 1 rings (SSSR count). The minimum atomic E-state index is 0.671. The molecule has 0 spiro atoms. The number of hydrogen-bond donors (Lipinski definition) is 0. The summed E-state index contributed by atoms with van der Waals surface area (Å²) in [5, 5.41) is 0. The highest BCUT2D eigenvalue weighted by molar-refractivity contribution is 4.94. The van der Waals surface area contributed by atoms with Crippen molar-refractivity contribution in [2.75, 3.05) is 0 Å². The molecule has 0 aromatic carbocycles. The Labute approximate surface area is 76.5 Å². The Kier molecular flexibility index (Phi) is 3.19. The lowest BCUT2D eigenvalue weighted by Crippen LogP contribution is -2.27. The van der Waals surface area contributed by atoms with E-state index in [9.17, 15) is 0 Å². The van der Waals surface area contributed by atoms with Crippen molar-refractivity contribution in [1.82, 2.24) is 4.90 Å². The highest BCUT2D eigenvalue weighted by Crippen LogP contribution is 2.23. The van der Waals surface area contributed by atoms with Crippen LogP contribution in [0.25, 0.3) is 0 Å². The topological polar surface area (TPSA) is 3.24 Å². The van der Waals surface area contributed by atoms with E-state index in [0.29, 0.717) is 5.92 Å². The Morgan fingerprint density at radius 1 is 1.17 bits per heavy atom. The van der Waals surface area contributed by atoms with E-state index in [4.69, 9.17) is 0 Å². The van der Waals surface area contributed by atoms with Crippen LogP contribution in [0, 0.1) is 5.92 Å². The maximum atomic E-state index is 2.49. The van der Waals surface area contributed by atoms with Crippen molar-refractivity contribution in [2.24, 2.45) is 5.92 Å². The molecule has 1 aliphatic rings. The third-order valence-electron chi connectivity index (χ3n) is 2.66. The smallest absolute Gasteiger partial charge is 0.0259 e. The summed E-state index contributed by atoms with van der Waals surface area (Å²) < 4.78 is 0. The summed E-state index contributed by atoms with van der Waals surface area (Å²) in [6.45, 7) is 9.08. The van der Waals surface area contributed by atoms with Crippen LogP contribution in [0.1, 0.15) is 40.5 Å². The third-order valence-corrected chi connectivity index (χ3v) is 2.66. The summed E-state index contributed by atoms with van der Waals surface area (Å²) >= 11 is 0. The molecule has 1 nitrogen and oxygen atoms in total. The summed E-state index contributed by atoms with van der Waals surface area (Å²) in [6.07, 6.45) is 7.28. The minimum Gasteiger partial charge on any atom is -0.372 e. The van der Waals surface area contributed by atoms with Crippen LogP contribution in [-0.2, 0) is 0 Å². The summed E-state index contributed by atoms with van der Waals surface area (Å²) in [4.78, 5) is 2.49. The predicted octanol–water partition coefficient (Wildman–Crippen LogP) is 3.03. The Morgan fingerprint density at radius 2 is 1.67 bits per heavy atom. The Bertz CT molecular complexity index is 150. The van der Waals surface area contributed by atoms with Gasteiger partial charge in [0.25, 0.3) is 0 Å². The Hall–Kier alpha value is -0.460. The first-order chi connectivity index (χ1) is 5.61. The molecule has 12 heavy (non-hydrogen) atoms. The van der Waals surface area contributed by atoms with E-state index in [2.05, 4.69) is 44.9 Å². The second kappa shape index (κ2) is 3.97. The van der Waals surface area contributed by atoms with Gasteiger partial charge in [0.15, 0.2) is 0 Å². The standard InChI is InChI=1S/C11H21N/c1-9(2)7-8-12-10(3)5-6-11(12)4/h7-11H,5-6H2,1-4H3/b8-7+/t10-,11-/m1/s1. The average Bonchev–Trinajstić information content (AvgIpc) is 2.28. The molecule has 1 saturated heterocycles. The number of likely N-dealkylation sites (tertiary alicyclic amines) is 1. The Morgan fingerprint density at radius 3 is 2.08 bits per heavy atom. The SMILES string of the molecule is CC(C)/C=C/N1[C@H](C)CC[C@H]1C. The normalized spacial score (nSPS) is 30.9. The maximum absolute atomic E-state index is 2.49. The van der Waals surface area contributed by atoms with Crippen molar-refractivity contribution in [1.29, 1.82) is 0 Å². The van der Waals surface area contributed by atoms with Crippen molar-refractivity contribution in [3.05, 3.63) is 12.3 Å². The van der Waals surface area contributed by atoms with Crippen LogP contribution in [0.3, 0.4) is 0 Å². The molecule has 0 aromatic heterocycles. The van der Waals surface area contributed by atoms with E-state index in [0.717, 1.165) is 12.1 Å². The fourth-order valence-electron chi connectivity index (χ4n) is 1.78. The average molecular weight is 167 g/mol. The zero-order valence-corrected chi connectivity index (χ0v) is 8.75. The molecule has 1 heteroatoms.